The van der Waals surface area contributed by atoms with E-state index in [9.17, 15) is 13.2 Å². The Kier molecular flexibility index (Phi) is 5.87. The molecule has 0 atom stereocenters. The fourth-order valence-corrected chi connectivity index (χ4v) is 3.00. The van der Waals surface area contributed by atoms with Crippen molar-refractivity contribution in [3.63, 3.8) is 0 Å². The summed E-state index contributed by atoms with van der Waals surface area (Å²) in [6.45, 7) is 0. The maximum absolute atomic E-state index is 12.7. The number of anilines is 2. The lowest BCUT2D eigenvalue weighted by atomic mass is 10.0. The van der Waals surface area contributed by atoms with Crippen molar-refractivity contribution in [2.45, 2.75) is 6.18 Å². The number of carbonyl (C=O) groups excluding carboxylic acids is 1. The van der Waals surface area contributed by atoms with Gasteiger partial charge in [0.05, 0.1) is 5.56 Å². The summed E-state index contributed by atoms with van der Waals surface area (Å²) >= 11 is 0. The van der Waals surface area contributed by atoms with E-state index in [0.29, 0.717) is 5.69 Å². The van der Waals surface area contributed by atoms with Crippen molar-refractivity contribution >= 4 is 28.7 Å². The van der Waals surface area contributed by atoms with Crippen LogP contribution in [0.4, 0.5) is 24.5 Å². The molecule has 0 fully saturated rings. The molecule has 0 unspecified atom stereocenters. The topological polar surface area (TPSA) is 70.9 Å². The number of hydrogen-bond donors (Lipinski definition) is 3. The smallest absolute Gasteiger partial charge is 0.372 e. The van der Waals surface area contributed by atoms with Crippen LogP contribution < -0.4 is 11.1 Å². The van der Waals surface area contributed by atoms with E-state index in [-0.39, 0.29) is 6.41 Å². The van der Waals surface area contributed by atoms with Gasteiger partial charge in [-0.3, -0.25) is 4.79 Å². The van der Waals surface area contributed by atoms with Crippen LogP contribution in [0.15, 0.2) is 79.0 Å². The molecule has 4 aromatic rings. The Bertz CT molecular complexity index is 1090. The molecule has 1 aromatic heterocycles. The molecule has 0 radical (unpaired) electrons. The molecule has 29 heavy (non-hydrogen) atoms. The highest BCUT2D eigenvalue weighted by atomic mass is 19.4. The second-order valence-corrected chi connectivity index (χ2v) is 6.16. The van der Waals surface area contributed by atoms with Crippen LogP contribution in [-0.4, -0.2) is 11.4 Å². The van der Waals surface area contributed by atoms with Gasteiger partial charge < -0.3 is 16.0 Å². The number of amides is 1. The molecule has 4 N–H and O–H groups in total. The number of aromatic amines is 1. The minimum Gasteiger partial charge on any atom is -0.372 e. The molecule has 0 aliphatic carbocycles. The molecule has 0 aliphatic rings. The zero-order valence-corrected chi connectivity index (χ0v) is 15.2. The monoisotopic (exact) mass is 397 g/mol. The van der Waals surface area contributed by atoms with Crippen molar-refractivity contribution in [2.24, 2.45) is 5.73 Å². The summed E-state index contributed by atoms with van der Waals surface area (Å²) in [4.78, 5) is 11.8. The molecule has 1 amide bonds. The first kappa shape index (κ1) is 20.0. The third kappa shape index (κ3) is 4.76. The third-order valence-corrected chi connectivity index (χ3v) is 4.25. The van der Waals surface area contributed by atoms with E-state index in [2.05, 4.69) is 16.0 Å². The van der Waals surface area contributed by atoms with E-state index >= 15 is 0 Å². The molecule has 3 aromatic carbocycles. The Hall–Kier alpha value is -3.74. The number of nitrogens with two attached hydrogens (primary N) is 1. The van der Waals surface area contributed by atoms with E-state index in [4.69, 9.17) is 4.79 Å². The van der Waals surface area contributed by atoms with Gasteiger partial charge in [-0.2, -0.15) is 13.2 Å². The average molecular weight is 397 g/mol. The number of halogens is 3. The second-order valence-electron chi connectivity index (χ2n) is 6.16. The van der Waals surface area contributed by atoms with E-state index in [1.807, 2.05) is 54.7 Å². The lowest BCUT2D eigenvalue weighted by molar-refractivity contribution is -0.137. The number of primary amides is 1. The zero-order chi connectivity index (χ0) is 20.9. The van der Waals surface area contributed by atoms with Gasteiger partial charge in [0.2, 0.25) is 6.41 Å². The molecule has 0 aliphatic heterocycles. The number of fused-ring (bicyclic) bond motifs is 1. The molecule has 0 saturated carbocycles. The molecule has 148 valence electrons. The fourth-order valence-electron chi connectivity index (χ4n) is 3.00. The summed E-state index contributed by atoms with van der Waals surface area (Å²) in [5, 5.41) is 4.28. The van der Waals surface area contributed by atoms with Crippen molar-refractivity contribution < 1.29 is 18.0 Å². The molecule has 1 heterocycles. The lowest BCUT2D eigenvalue weighted by Gasteiger charge is -2.12. The van der Waals surface area contributed by atoms with Crippen molar-refractivity contribution in [3.05, 3.63) is 84.6 Å². The van der Waals surface area contributed by atoms with Crippen LogP contribution in [0.1, 0.15) is 5.56 Å². The van der Waals surface area contributed by atoms with E-state index in [0.717, 1.165) is 39.8 Å². The van der Waals surface area contributed by atoms with Crippen LogP contribution in [0.25, 0.3) is 22.0 Å². The number of hydrogen-bond acceptors (Lipinski definition) is 2. The van der Waals surface area contributed by atoms with Gasteiger partial charge >= 0.3 is 6.18 Å². The van der Waals surface area contributed by atoms with Crippen LogP contribution in [0.3, 0.4) is 0 Å². The molecular weight excluding hydrogens is 379 g/mol. The van der Waals surface area contributed by atoms with Crippen LogP contribution in [0, 0.1) is 0 Å². The zero-order valence-electron chi connectivity index (χ0n) is 15.2. The number of H-pyrrole nitrogens is 1. The Morgan fingerprint density at radius 1 is 0.897 bits per heavy atom. The van der Waals surface area contributed by atoms with Gasteiger partial charge in [0.15, 0.2) is 0 Å². The first-order valence-corrected chi connectivity index (χ1v) is 8.68. The van der Waals surface area contributed by atoms with Gasteiger partial charge in [-0.1, -0.05) is 30.3 Å². The number of alkyl halides is 3. The molecule has 4 nitrogen and oxygen atoms in total. The third-order valence-electron chi connectivity index (χ3n) is 4.25. The van der Waals surface area contributed by atoms with Crippen molar-refractivity contribution in [1.82, 2.24) is 4.98 Å². The highest BCUT2D eigenvalue weighted by Gasteiger charge is 2.29. The van der Waals surface area contributed by atoms with E-state index in [1.54, 1.807) is 0 Å². The summed E-state index contributed by atoms with van der Waals surface area (Å²) in [7, 11) is 0. The minimum atomic E-state index is -4.33. The minimum absolute atomic E-state index is 0.250. The Morgan fingerprint density at radius 3 is 2.17 bits per heavy atom. The normalized spacial score (nSPS) is 10.9. The summed E-state index contributed by atoms with van der Waals surface area (Å²) < 4.78 is 38.1. The predicted octanol–water partition coefficient (Wildman–Crippen LogP) is 5.70. The molecule has 4 rings (SSSR count). The van der Waals surface area contributed by atoms with Crippen molar-refractivity contribution in [1.29, 1.82) is 0 Å². The van der Waals surface area contributed by atoms with Crippen LogP contribution in [-0.2, 0) is 11.0 Å². The van der Waals surface area contributed by atoms with Gasteiger partial charge in [-0.05, 0) is 53.6 Å². The Labute approximate surface area is 165 Å². The first-order valence-electron chi connectivity index (χ1n) is 8.68. The van der Waals surface area contributed by atoms with Gasteiger partial charge in [0, 0.05) is 28.5 Å². The largest absolute Gasteiger partial charge is 0.416 e. The number of carbonyl (C=O) groups is 1. The first-order chi connectivity index (χ1) is 13.9. The summed E-state index contributed by atoms with van der Waals surface area (Å²) in [6.07, 6.45) is -2.21. The highest BCUT2D eigenvalue weighted by Crippen LogP contribution is 2.34. The molecular formula is C22H18F3N3O. The van der Waals surface area contributed by atoms with Crippen LogP contribution in [0.2, 0.25) is 0 Å². The second kappa shape index (κ2) is 8.52. The number of aromatic nitrogens is 1. The Morgan fingerprint density at radius 2 is 1.55 bits per heavy atom. The predicted molar refractivity (Wildman–Crippen MR) is 109 cm³/mol. The molecule has 0 saturated heterocycles. The van der Waals surface area contributed by atoms with Crippen LogP contribution >= 0.6 is 0 Å². The highest BCUT2D eigenvalue weighted by molar-refractivity contribution is 5.98. The van der Waals surface area contributed by atoms with E-state index < -0.39 is 11.7 Å². The lowest BCUT2D eigenvalue weighted by Crippen LogP contribution is -2.04. The average Bonchev–Trinajstić information content (AvgIpc) is 3.17. The quantitative estimate of drug-likeness (QED) is 0.388. The van der Waals surface area contributed by atoms with Gasteiger partial charge in [-0.25, -0.2) is 0 Å². The van der Waals surface area contributed by atoms with Gasteiger partial charge in [-0.15, -0.1) is 0 Å². The number of nitrogens with one attached hydrogen (secondary N) is 2. The van der Waals surface area contributed by atoms with Gasteiger partial charge in [0.1, 0.15) is 0 Å². The molecule has 0 bridgehead atoms. The van der Waals surface area contributed by atoms with E-state index in [1.165, 1.54) is 12.1 Å². The maximum Gasteiger partial charge on any atom is 0.416 e. The van der Waals surface area contributed by atoms with Gasteiger partial charge in [0.25, 0.3) is 0 Å². The summed E-state index contributed by atoms with van der Waals surface area (Å²) in [5.41, 5.74) is 8.00. The fraction of sp³-hybridized carbons (Fsp3) is 0.0455. The standard InChI is InChI=1S/C21H15F3N2.CH3NO/c22-21(23,24)15-6-8-16(9-7-15)26-17-12-19(14-4-2-1-3-5-14)18-10-11-25-20(18)13-17;2-1-3/h1-13,25-26H;1H,(H2,2,3). The van der Waals surface area contributed by atoms with Crippen LogP contribution in [0.5, 0.6) is 0 Å². The molecule has 7 heteroatoms. The molecule has 0 spiro atoms. The number of rotatable bonds is 3. The summed E-state index contributed by atoms with van der Waals surface area (Å²) in [5.74, 6) is 0. The number of benzene rings is 3. The Balaban J connectivity index is 0.000000755. The van der Waals surface area contributed by atoms with Crippen molar-refractivity contribution in [2.75, 3.05) is 5.32 Å². The van der Waals surface area contributed by atoms with Crippen molar-refractivity contribution in [3.8, 4) is 11.1 Å². The summed E-state index contributed by atoms with van der Waals surface area (Å²) in [6, 6.07) is 21.0. The SMILES string of the molecule is FC(F)(F)c1ccc(Nc2cc(-c3ccccc3)c3cc[nH]c3c2)cc1.NC=O. The maximum atomic E-state index is 12.7.